The summed E-state index contributed by atoms with van der Waals surface area (Å²) in [7, 11) is 0. The number of benzene rings is 2. The smallest absolute Gasteiger partial charge is 0.237 e. The topological polar surface area (TPSA) is 88.9 Å². The molecule has 1 atom stereocenters. The van der Waals surface area contributed by atoms with Gasteiger partial charge in [0.15, 0.2) is 5.16 Å². The number of aromatic nitrogens is 3. The fourth-order valence-corrected chi connectivity index (χ4v) is 4.22. The van der Waals surface area contributed by atoms with E-state index in [9.17, 15) is 14.0 Å². The summed E-state index contributed by atoms with van der Waals surface area (Å²) in [6.45, 7) is 3.21. The first kappa shape index (κ1) is 22.3. The van der Waals surface area contributed by atoms with Crippen molar-refractivity contribution in [3.63, 3.8) is 0 Å². The number of carbonyl (C=O) groups is 2. The van der Waals surface area contributed by atoms with Crippen molar-refractivity contribution in [3.8, 4) is 5.69 Å². The third kappa shape index (κ3) is 5.11. The van der Waals surface area contributed by atoms with Gasteiger partial charge in [0, 0.05) is 24.2 Å². The highest BCUT2D eigenvalue weighted by atomic mass is 35.5. The fraction of sp³-hybridized carbons (Fsp3) is 0.273. The second-order valence-corrected chi connectivity index (χ2v) is 9.28. The molecule has 0 bridgehead atoms. The minimum Gasteiger partial charge on any atom is -0.326 e. The van der Waals surface area contributed by atoms with E-state index >= 15 is 0 Å². The third-order valence-corrected chi connectivity index (χ3v) is 6.20. The first-order chi connectivity index (χ1) is 15.3. The molecule has 32 heavy (non-hydrogen) atoms. The summed E-state index contributed by atoms with van der Waals surface area (Å²) in [5.74, 6) is 0.188. The Bertz CT molecular complexity index is 1180. The summed E-state index contributed by atoms with van der Waals surface area (Å²) >= 11 is 7.07. The van der Waals surface area contributed by atoms with Gasteiger partial charge < -0.3 is 10.6 Å². The molecule has 0 saturated heterocycles. The lowest BCUT2D eigenvalue weighted by molar-refractivity contribution is -0.115. The molecule has 1 heterocycles. The largest absolute Gasteiger partial charge is 0.326 e. The van der Waals surface area contributed by atoms with Crippen molar-refractivity contribution in [2.45, 2.75) is 43.0 Å². The van der Waals surface area contributed by atoms with E-state index in [0.29, 0.717) is 22.4 Å². The molecule has 1 saturated carbocycles. The van der Waals surface area contributed by atoms with Gasteiger partial charge in [0.05, 0.1) is 16.0 Å². The molecule has 0 radical (unpaired) electrons. The van der Waals surface area contributed by atoms with Crippen LogP contribution in [0.5, 0.6) is 0 Å². The molecule has 1 aliphatic rings. The molecule has 0 aliphatic heterocycles. The highest BCUT2D eigenvalue weighted by molar-refractivity contribution is 8.00. The molecule has 4 rings (SSSR count). The number of rotatable bonds is 7. The summed E-state index contributed by atoms with van der Waals surface area (Å²) in [6.07, 6.45) is 2.07. The van der Waals surface area contributed by atoms with Crippen LogP contribution in [0.4, 0.5) is 15.8 Å². The van der Waals surface area contributed by atoms with Crippen LogP contribution in [0.1, 0.15) is 38.4 Å². The zero-order valence-electron chi connectivity index (χ0n) is 17.4. The summed E-state index contributed by atoms with van der Waals surface area (Å²) in [6, 6.07) is 11.5. The average Bonchev–Trinajstić information content (AvgIpc) is 3.50. The summed E-state index contributed by atoms with van der Waals surface area (Å²) in [5, 5.41) is 14.3. The third-order valence-electron chi connectivity index (χ3n) is 4.86. The number of anilines is 2. The summed E-state index contributed by atoms with van der Waals surface area (Å²) < 4.78 is 15.3. The maximum Gasteiger partial charge on any atom is 0.237 e. The van der Waals surface area contributed by atoms with Crippen LogP contribution < -0.4 is 10.6 Å². The number of thioether (sulfide) groups is 1. The predicted octanol–water partition coefficient (Wildman–Crippen LogP) is 5.01. The standard InChI is InChI=1S/C22H21ClFN5O2S/c1-12(21(31)26-16-8-9-19(24)18(23)11-16)32-22-28-27-20(14-6-7-14)29(22)17-5-3-4-15(10-17)25-13(2)30/h3-5,8-12,14H,6-7H2,1-2H3,(H,25,30)(H,26,31). The Morgan fingerprint density at radius 3 is 2.59 bits per heavy atom. The molecule has 3 aromatic rings. The van der Waals surface area contributed by atoms with E-state index in [4.69, 9.17) is 11.6 Å². The van der Waals surface area contributed by atoms with Crippen molar-refractivity contribution in [2.75, 3.05) is 10.6 Å². The first-order valence-corrected chi connectivity index (χ1v) is 11.3. The number of carbonyl (C=O) groups excluding carboxylic acids is 2. The second kappa shape index (κ2) is 9.30. The molecule has 7 nitrogen and oxygen atoms in total. The monoisotopic (exact) mass is 473 g/mol. The predicted molar refractivity (Wildman–Crippen MR) is 123 cm³/mol. The van der Waals surface area contributed by atoms with Crippen molar-refractivity contribution >= 4 is 46.6 Å². The minimum atomic E-state index is -0.547. The molecule has 1 unspecified atom stereocenters. The van der Waals surface area contributed by atoms with Crippen LogP contribution in [0.3, 0.4) is 0 Å². The van der Waals surface area contributed by atoms with Gasteiger partial charge in [-0.25, -0.2) is 4.39 Å². The Hall–Kier alpha value is -2.91. The molecule has 0 spiro atoms. The minimum absolute atomic E-state index is 0.0593. The van der Waals surface area contributed by atoms with Gasteiger partial charge in [-0.15, -0.1) is 10.2 Å². The molecular weight excluding hydrogens is 453 g/mol. The Morgan fingerprint density at radius 2 is 1.91 bits per heavy atom. The van der Waals surface area contributed by atoms with E-state index < -0.39 is 11.1 Å². The van der Waals surface area contributed by atoms with Crippen LogP contribution in [-0.4, -0.2) is 31.8 Å². The number of hydrogen-bond donors (Lipinski definition) is 2. The fourth-order valence-electron chi connectivity index (χ4n) is 3.16. The maximum absolute atomic E-state index is 13.4. The molecule has 166 valence electrons. The maximum atomic E-state index is 13.4. The number of nitrogens with one attached hydrogen (secondary N) is 2. The van der Waals surface area contributed by atoms with Gasteiger partial charge in [0.25, 0.3) is 0 Å². The van der Waals surface area contributed by atoms with Gasteiger partial charge in [0.2, 0.25) is 11.8 Å². The zero-order valence-corrected chi connectivity index (χ0v) is 19.0. The molecule has 2 aromatic carbocycles. The van der Waals surface area contributed by atoms with Crippen molar-refractivity contribution in [2.24, 2.45) is 0 Å². The second-order valence-electron chi connectivity index (χ2n) is 7.56. The number of nitrogens with zero attached hydrogens (tertiary/aromatic N) is 3. The lowest BCUT2D eigenvalue weighted by Gasteiger charge is -2.15. The molecule has 1 aliphatic carbocycles. The van der Waals surface area contributed by atoms with Crippen LogP contribution in [-0.2, 0) is 9.59 Å². The van der Waals surface area contributed by atoms with Crippen molar-refractivity contribution in [1.29, 1.82) is 0 Å². The van der Waals surface area contributed by atoms with Crippen LogP contribution in [0.15, 0.2) is 47.6 Å². The highest BCUT2D eigenvalue weighted by Crippen LogP contribution is 2.41. The van der Waals surface area contributed by atoms with Crippen LogP contribution in [0, 0.1) is 5.82 Å². The van der Waals surface area contributed by atoms with E-state index in [1.165, 1.54) is 36.9 Å². The van der Waals surface area contributed by atoms with E-state index in [2.05, 4.69) is 20.8 Å². The lowest BCUT2D eigenvalue weighted by atomic mass is 10.2. The summed E-state index contributed by atoms with van der Waals surface area (Å²) in [5.41, 5.74) is 1.89. The first-order valence-electron chi connectivity index (χ1n) is 10.1. The van der Waals surface area contributed by atoms with Crippen LogP contribution in [0.2, 0.25) is 5.02 Å². The molecule has 1 aromatic heterocycles. The number of halogens is 2. The highest BCUT2D eigenvalue weighted by Gasteiger charge is 2.32. The molecule has 1 fully saturated rings. The van der Waals surface area contributed by atoms with Gasteiger partial charge >= 0.3 is 0 Å². The van der Waals surface area contributed by atoms with Crippen molar-refractivity contribution < 1.29 is 14.0 Å². The molecule has 2 amide bonds. The number of hydrogen-bond acceptors (Lipinski definition) is 5. The Kier molecular flexibility index (Phi) is 6.48. The normalized spacial score (nSPS) is 14.1. The molecule has 2 N–H and O–H groups in total. The molecular formula is C22H21ClFN5O2S. The van der Waals surface area contributed by atoms with Crippen LogP contribution >= 0.6 is 23.4 Å². The van der Waals surface area contributed by atoms with Gasteiger partial charge in [-0.1, -0.05) is 29.4 Å². The summed E-state index contributed by atoms with van der Waals surface area (Å²) in [4.78, 5) is 24.2. The van der Waals surface area contributed by atoms with Crippen molar-refractivity contribution in [3.05, 3.63) is 59.1 Å². The lowest BCUT2D eigenvalue weighted by Crippen LogP contribution is -2.23. The van der Waals surface area contributed by atoms with Crippen molar-refractivity contribution in [1.82, 2.24) is 14.8 Å². The Morgan fingerprint density at radius 1 is 1.16 bits per heavy atom. The zero-order chi connectivity index (χ0) is 22.8. The Labute approximate surface area is 193 Å². The van der Waals surface area contributed by atoms with Gasteiger partial charge in [-0.05, 0) is 56.2 Å². The molecule has 10 heteroatoms. The average molecular weight is 474 g/mol. The quantitative estimate of drug-likeness (QED) is 0.470. The van der Waals surface area contributed by atoms with E-state index in [-0.39, 0.29) is 16.8 Å². The van der Waals surface area contributed by atoms with Gasteiger partial charge in [-0.2, -0.15) is 0 Å². The van der Waals surface area contributed by atoms with E-state index in [0.717, 1.165) is 24.4 Å². The van der Waals surface area contributed by atoms with Crippen LogP contribution in [0.25, 0.3) is 5.69 Å². The van der Waals surface area contributed by atoms with Gasteiger partial charge in [-0.3, -0.25) is 14.2 Å². The SMILES string of the molecule is CC(=O)Nc1cccc(-n2c(SC(C)C(=O)Nc3ccc(F)c(Cl)c3)nnc2C2CC2)c1. The number of amides is 2. The Balaban J connectivity index is 1.57. The van der Waals surface area contributed by atoms with Gasteiger partial charge in [0.1, 0.15) is 11.6 Å². The van der Waals surface area contributed by atoms with E-state index in [1.807, 2.05) is 28.8 Å². The van der Waals surface area contributed by atoms with E-state index in [1.54, 1.807) is 6.92 Å².